The van der Waals surface area contributed by atoms with Gasteiger partial charge in [-0.15, -0.1) is 0 Å². The number of hydrogen-bond donors (Lipinski definition) is 3. The number of benzene rings is 3. The number of hydrogen-bond acceptors (Lipinski definition) is 4. The summed E-state index contributed by atoms with van der Waals surface area (Å²) in [6.07, 6.45) is 1.15. The highest BCUT2D eigenvalue weighted by Crippen LogP contribution is 2.59. The Labute approximate surface area is 299 Å². The van der Waals surface area contributed by atoms with Gasteiger partial charge >= 0.3 is 12.2 Å². The average Bonchev–Trinajstić information content (AvgIpc) is 3.35. The molecule has 51 heavy (non-hydrogen) atoms. The SMILES string of the molecule is CCCN(C[C@]1(O)CC[C@H]2c3ccc(cc3C(=O)c3cccc(C(F)(F)F)c3)C[C@@H](O)CCC(C)=CCC[C@@]21C)C(=O)N[C@H](C)c1ccccc1. The smallest absolute Gasteiger partial charge is 0.393 e. The molecule has 0 radical (unpaired) electrons. The Morgan fingerprint density at radius 3 is 2.47 bits per heavy atom. The fraction of sp³-hybridized carbons (Fsp3) is 0.476. The van der Waals surface area contributed by atoms with Gasteiger partial charge in [-0.05, 0) is 106 Å². The predicted octanol–water partition coefficient (Wildman–Crippen LogP) is 9.16. The average molecular weight is 705 g/mol. The molecule has 2 bridgehead atoms. The van der Waals surface area contributed by atoms with Crippen LogP contribution in [0.3, 0.4) is 0 Å². The Hall–Kier alpha value is -3.95. The molecule has 5 atom stereocenters. The molecular weight excluding hydrogens is 653 g/mol. The third kappa shape index (κ3) is 8.58. The van der Waals surface area contributed by atoms with Crippen molar-refractivity contribution in [2.45, 2.75) is 109 Å². The van der Waals surface area contributed by atoms with Crippen LogP contribution in [0.25, 0.3) is 0 Å². The molecule has 1 fully saturated rings. The second-order valence-corrected chi connectivity index (χ2v) is 14.9. The number of allylic oxidation sites excluding steroid dienone is 2. The van der Waals surface area contributed by atoms with Crippen molar-refractivity contribution in [1.29, 1.82) is 0 Å². The Balaban J connectivity index is 1.56. The highest BCUT2D eigenvalue weighted by Gasteiger charge is 2.57. The number of amides is 2. The lowest BCUT2D eigenvalue weighted by molar-refractivity contribution is -0.137. The molecule has 3 aromatic carbocycles. The van der Waals surface area contributed by atoms with E-state index in [1.54, 1.807) is 11.0 Å². The fourth-order valence-electron chi connectivity index (χ4n) is 8.13. The van der Waals surface area contributed by atoms with Crippen molar-refractivity contribution in [1.82, 2.24) is 10.2 Å². The number of aliphatic hydroxyl groups excluding tert-OH is 1. The molecule has 3 aliphatic rings. The van der Waals surface area contributed by atoms with E-state index in [1.807, 2.05) is 70.2 Å². The molecule has 0 saturated heterocycles. The van der Waals surface area contributed by atoms with Crippen molar-refractivity contribution in [2.75, 3.05) is 13.1 Å². The van der Waals surface area contributed by atoms with Gasteiger partial charge in [-0.25, -0.2) is 4.79 Å². The van der Waals surface area contributed by atoms with Gasteiger partial charge in [-0.1, -0.05) is 80.1 Å². The van der Waals surface area contributed by atoms with E-state index < -0.39 is 34.6 Å². The van der Waals surface area contributed by atoms with Crippen LogP contribution in [0.1, 0.15) is 123 Å². The van der Waals surface area contributed by atoms with Crippen LogP contribution in [0.4, 0.5) is 18.0 Å². The second kappa shape index (κ2) is 15.7. The van der Waals surface area contributed by atoms with E-state index in [2.05, 4.69) is 11.4 Å². The number of aliphatic hydroxyl groups is 2. The molecule has 3 aromatic rings. The van der Waals surface area contributed by atoms with Crippen molar-refractivity contribution in [3.63, 3.8) is 0 Å². The number of rotatable bonds is 8. The first-order valence-electron chi connectivity index (χ1n) is 18.2. The molecule has 1 saturated carbocycles. The number of urea groups is 1. The summed E-state index contributed by atoms with van der Waals surface area (Å²) in [5.41, 5.74) is 0.658. The minimum Gasteiger partial charge on any atom is -0.393 e. The van der Waals surface area contributed by atoms with E-state index in [-0.39, 0.29) is 35.7 Å². The van der Waals surface area contributed by atoms with E-state index in [0.717, 1.165) is 23.3 Å². The number of carbonyl (C=O) groups excluding carboxylic acids is 2. The number of carbonyl (C=O) groups is 2. The summed E-state index contributed by atoms with van der Waals surface area (Å²) >= 11 is 0. The Bertz CT molecular complexity index is 1720. The molecule has 0 aliphatic heterocycles. The molecule has 0 spiro atoms. The molecule has 0 unspecified atom stereocenters. The summed E-state index contributed by atoms with van der Waals surface area (Å²) in [6, 6.07) is 19.1. The highest BCUT2D eigenvalue weighted by molar-refractivity contribution is 6.10. The largest absolute Gasteiger partial charge is 0.416 e. The zero-order valence-corrected chi connectivity index (χ0v) is 30.1. The van der Waals surface area contributed by atoms with E-state index in [9.17, 15) is 33.0 Å². The van der Waals surface area contributed by atoms with Crippen LogP contribution >= 0.6 is 0 Å². The van der Waals surface area contributed by atoms with Gasteiger partial charge < -0.3 is 20.4 Å². The summed E-state index contributed by atoms with van der Waals surface area (Å²) in [6.45, 7) is 8.52. The Morgan fingerprint density at radius 1 is 1.02 bits per heavy atom. The molecule has 9 heteroatoms. The van der Waals surface area contributed by atoms with E-state index in [4.69, 9.17) is 0 Å². The number of nitrogens with zero attached hydrogens (tertiary/aromatic N) is 1. The van der Waals surface area contributed by atoms with Gasteiger partial charge in [0, 0.05) is 23.1 Å². The van der Waals surface area contributed by atoms with Crippen LogP contribution in [-0.2, 0) is 12.6 Å². The number of nitrogens with one attached hydrogen (secondary N) is 1. The summed E-state index contributed by atoms with van der Waals surface area (Å²) < 4.78 is 41.1. The maximum Gasteiger partial charge on any atom is 0.416 e. The first-order chi connectivity index (χ1) is 24.1. The normalized spacial score (nSPS) is 24.6. The fourth-order valence-corrected chi connectivity index (χ4v) is 8.13. The van der Waals surface area contributed by atoms with E-state index >= 15 is 0 Å². The maximum atomic E-state index is 14.3. The Kier molecular flexibility index (Phi) is 11.8. The first-order valence-corrected chi connectivity index (χ1v) is 18.2. The number of fused-ring (bicyclic) bond motifs is 8. The quantitative estimate of drug-likeness (QED) is 0.161. The van der Waals surface area contributed by atoms with Crippen molar-refractivity contribution in [3.8, 4) is 0 Å². The molecule has 6 nitrogen and oxygen atoms in total. The van der Waals surface area contributed by atoms with Crippen LogP contribution in [0.5, 0.6) is 0 Å². The zero-order chi connectivity index (χ0) is 37.0. The topological polar surface area (TPSA) is 89.9 Å². The Morgan fingerprint density at radius 2 is 1.76 bits per heavy atom. The van der Waals surface area contributed by atoms with Gasteiger partial charge in [0.1, 0.15) is 0 Å². The summed E-state index contributed by atoms with van der Waals surface area (Å²) in [5, 5.41) is 26.8. The molecule has 6 rings (SSSR count). The van der Waals surface area contributed by atoms with Crippen LogP contribution < -0.4 is 5.32 Å². The third-order valence-corrected chi connectivity index (χ3v) is 11.2. The van der Waals surface area contributed by atoms with Gasteiger partial charge in [0.05, 0.1) is 29.9 Å². The lowest BCUT2D eigenvalue weighted by atomic mass is 9.64. The maximum absolute atomic E-state index is 14.3. The van der Waals surface area contributed by atoms with Crippen molar-refractivity contribution >= 4 is 11.8 Å². The second-order valence-electron chi connectivity index (χ2n) is 14.9. The summed E-state index contributed by atoms with van der Waals surface area (Å²) in [4.78, 5) is 29.8. The first kappa shape index (κ1) is 38.3. The molecule has 0 aromatic heterocycles. The van der Waals surface area contributed by atoms with Crippen molar-refractivity contribution < 1.29 is 33.0 Å². The lowest BCUT2D eigenvalue weighted by Gasteiger charge is -2.46. The summed E-state index contributed by atoms with van der Waals surface area (Å²) in [5.74, 6) is -0.868. The van der Waals surface area contributed by atoms with Crippen LogP contribution in [0, 0.1) is 5.41 Å². The predicted molar refractivity (Wildman–Crippen MR) is 194 cm³/mol. The van der Waals surface area contributed by atoms with E-state index in [1.165, 1.54) is 12.1 Å². The van der Waals surface area contributed by atoms with Crippen LogP contribution in [0.2, 0.25) is 0 Å². The third-order valence-electron chi connectivity index (χ3n) is 11.2. The molecule has 2 amide bonds. The molecule has 0 heterocycles. The summed E-state index contributed by atoms with van der Waals surface area (Å²) in [7, 11) is 0. The number of ketones is 1. The highest BCUT2D eigenvalue weighted by atomic mass is 19.4. The zero-order valence-electron chi connectivity index (χ0n) is 30.1. The standard InChI is InChI=1S/C42H51F3N2O4/c1-5-23-47(39(50)46-29(3)31-12-7-6-8-13-31)27-41(51)22-20-37-35-19-17-30(24-34(48)18-16-28(2)11-10-21-40(37,41)4)25-36(35)38(49)32-14-9-15-33(26-32)42(43,44)45/h6-9,11-15,17,19,25-26,29,34,37,48,51H,5,10,16,18,20-24,27H2,1-4H3,(H,46,50)/t29-,34+,37+,40+,41-/m1/s1. The molecule has 3 N–H and O–H groups in total. The molecular formula is C42H51F3N2O4. The molecule has 274 valence electrons. The minimum atomic E-state index is -4.61. The lowest BCUT2D eigenvalue weighted by Crippen LogP contribution is -2.55. The van der Waals surface area contributed by atoms with Gasteiger partial charge in [0.15, 0.2) is 5.78 Å². The van der Waals surface area contributed by atoms with Crippen molar-refractivity contribution in [3.05, 3.63) is 118 Å². The van der Waals surface area contributed by atoms with Gasteiger partial charge in [0.2, 0.25) is 0 Å². The van der Waals surface area contributed by atoms with E-state index in [0.29, 0.717) is 69.0 Å². The minimum absolute atomic E-state index is 0.0725. The van der Waals surface area contributed by atoms with Crippen LogP contribution in [-0.4, -0.2) is 51.7 Å². The molecule has 3 aliphatic carbocycles. The van der Waals surface area contributed by atoms with Gasteiger partial charge in [-0.2, -0.15) is 13.2 Å². The van der Waals surface area contributed by atoms with Gasteiger partial charge in [-0.3, -0.25) is 4.79 Å². The number of halogens is 3. The van der Waals surface area contributed by atoms with Crippen LogP contribution in [0.15, 0.2) is 84.4 Å². The van der Waals surface area contributed by atoms with Gasteiger partial charge in [0.25, 0.3) is 0 Å². The number of alkyl halides is 3. The monoisotopic (exact) mass is 704 g/mol. The van der Waals surface area contributed by atoms with Crippen molar-refractivity contribution in [2.24, 2.45) is 5.41 Å².